The van der Waals surface area contributed by atoms with E-state index in [1.165, 1.54) is 0 Å². The molecule has 2 amide bonds. The molecule has 2 fully saturated rings. The van der Waals surface area contributed by atoms with Crippen molar-refractivity contribution in [3.63, 3.8) is 0 Å². The molecule has 0 aromatic carbocycles. The summed E-state index contributed by atoms with van der Waals surface area (Å²) < 4.78 is 0. The summed E-state index contributed by atoms with van der Waals surface area (Å²) in [6.07, 6.45) is 2.84. The van der Waals surface area contributed by atoms with E-state index in [1.54, 1.807) is 13.8 Å². The van der Waals surface area contributed by atoms with Crippen LogP contribution in [-0.2, 0) is 9.59 Å². The second-order valence-electron chi connectivity index (χ2n) is 6.49. The Balaban J connectivity index is 2.00. The predicted octanol–water partition coefficient (Wildman–Crippen LogP) is -1.10. The van der Waals surface area contributed by atoms with Crippen LogP contribution in [0, 0.1) is 0 Å². The maximum absolute atomic E-state index is 12.4. The minimum Gasteiger partial charge on any atom is -0.377 e. The van der Waals surface area contributed by atoms with Crippen molar-refractivity contribution in [2.45, 2.75) is 63.4 Å². The van der Waals surface area contributed by atoms with Gasteiger partial charge in [-0.15, -0.1) is 0 Å². The Morgan fingerprint density at radius 1 is 1.38 bits per heavy atom. The number of hydrogen-bond acceptors (Lipinski definition) is 5. The lowest BCUT2D eigenvalue weighted by atomic mass is 10.0. The van der Waals surface area contributed by atoms with Crippen molar-refractivity contribution in [1.82, 2.24) is 15.5 Å². The number of aliphatic hydroxyl groups excluding tert-OH is 1. The van der Waals surface area contributed by atoms with E-state index in [9.17, 15) is 14.7 Å². The maximum Gasteiger partial charge on any atom is 0.242 e. The molecule has 2 saturated heterocycles. The maximum atomic E-state index is 12.4. The van der Waals surface area contributed by atoms with E-state index in [0.717, 1.165) is 25.8 Å². The molecule has 3 atom stereocenters. The minimum absolute atomic E-state index is 0.0163. The van der Waals surface area contributed by atoms with Crippen molar-refractivity contribution in [2.75, 3.05) is 13.1 Å². The van der Waals surface area contributed by atoms with Crippen LogP contribution >= 0.6 is 0 Å². The molecule has 2 aliphatic rings. The number of rotatable bonds is 5. The second kappa shape index (κ2) is 6.29. The standard InChI is InChI=1S/C14H26N4O3/c1-14(2,13(15)21)17-11(19)10-6-4-8-18(10)12(20)9-5-3-7-16-9/h9-10,12,16,20H,3-8H2,1-2H3,(H2,15,21)(H,17,19)/t9?,10-,12+/m0/s1. The van der Waals surface area contributed by atoms with Crippen molar-refractivity contribution < 1.29 is 14.7 Å². The molecule has 7 nitrogen and oxygen atoms in total. The zero-order valence-corrected chi connectivity index (χ0v) is 12.8. The quantitative estimate of drug-likeness (QED) is 0.515. The Morgan fingerprint density at radius 2 is 2.10 bits per heavy atom. The van der Waals surface area contributed by atoms with Crippen LogP contribution in [0.25, 0.3) is 0 Å². The van der Waals surface area contributed by atoms with Gasteiger partial charge in [-0.25, -0.2) is 0 Å². The number of nitrogens with zero attached hydrogens (tertiary/aromatic N) is 1. The monoisotopic (exact) mass is 298 g/mol. The van der Waals surface area contributed by atoms with Crippen molar-refractivity contribution in [3.8, 4) is 0 Å². The van der Waals surface area contributed by atoms with E-state index < -0.39 is 23.7 Å². The molecule has 2 heterocycles. The van der Waals surface area contributed by atoms with Gasteiger partial charge < -0.3 is 21.5 Å². The molecule has 0 bridgehead atoms. The smallest absolute Gasteiger partial charge is 0.242 e. The van der Waals surface area contributed by atoms with Crippen LogP contribution < -0.4 is 16.4 Å². The van der Waals surface area contributed by atoms with Crippen LogP contribution in [0.5, 0.6) is 0 Å². The third-order valence-corrected chi connectivity index (χ3v) is 4.45. The summed E-state index contributed by atoms with van der Waals surface area (Å²) in [5.41, 5.74) is 4.20. The van der Waals surface area contributed by atoms with Gasteiger partial charge in [0.15, 0.2) is 0 Å². The SMILES string of the molecule is CC(C)(NC(=O)[C@@H]1CCCN1[C@H](O)C1CCCN1)C(N)=O. The van der Waals surface area contributed by atoms with E-state index in [0.29, 0.717) is 13.0 Å². The van der Waals surface area contributed by atoms with Gasteiger partial charge in [0, 0.05) is 12.6 Å². The van der Waals surface area contributed by atoms with Gasteiger partial charge >= 0.3 is 0 Å². The van der Waals surface area contributed by atoms with E-state index in [2.05, 4.69) is 10.6 Å². The van der Waals surface area contributed by atoms with E-state index in [1.807, 2.05) is 4.90 Å². The van der Waals surface area contributed by atoms with Gasteiger partial charge in [-0.2, -0.15) is 0 Å². The Labute approximate surface area is 125 Å². The number of aliphatic hydroxyl groups is 1. The van der Waals surface area contributed by atoms with Gasteiger partial charge in [-0.3, -0.25) is 14.5 Å². The number of nitrogens with two attached hydrogens (primary N) is 1. The van der Waals surface area contributed by atoms with E-state index in [4.69, 9.17) is 5.73 Å². The minimum atomic E-state index is -1.08. The summed E-state index contributed by atoms with van der Waals surface area (Å²) >= 11 is 0. The topological polar surface area (TPSA) is 108 Å². The van der Waals surface area contributed by atoms with Crippen molar-refractivity contribution in [3.05, 3.63) is 0 Å². The molecule has 1 unspecified atom stereocenters. The Kier molecular flexibility index (Phi) is 4.85. The van der Waals surface area contributed by atoms with Gasteiger partial charge in [-0.1, -0.05) is 0 Å². The van der Waals surface area contributed by atoms with Gasteiger partial charge in [0.05, 0.1) is 6.04 Å². The molecule has 0 radical (unpaired) electrons. The molecule has 0 aromatic heterocycles. The number of nitrogens with one attached hydrogen (secondary N) is 2. The lowest BCUT2D eigenvalue weighted by Gasteiger charge is -2.34. The number of carbonyl (C=O) groups excluding carboxylic acids is 2. The van der Waals surface area contributed by atoms with Crippen molar-refractivity contribution in [2.24, 2.45) is 5.73 Å². The average molecular weight is 298 g/mol. The van der Waals surface area contributed by atoms with Crippen LogP contribution in [-0.4, -0.2) is 58.8 Å². The summed E-state index contributed by atoms with van der Waals surface area (Å²) in [6.45, 7) is 4.76. The highest BCUT2D eigenvalue weighted by molar-refractivity contribution is 5.91. The number of amides is 2. The second-order valence-corrected chi connectivity index (χ2v) is 6.49. The summed E-state index contributed by atoms with van der Waals surface area (Å²) in [5.74, 6) is -0.813. The molecule has 21 heavy (non-hydrogen) atoms. The highest BCUT2D eigenvalue weighted by Crippen LogP contribution is 2.24. The van der Waals surface area contributed by atoms with Gasteiger partial charge in [0.25, 0.3) is 0 Å². The summed E-state index contributed by atoms with van der Waals surface area (Å²) in [5, 5.41) is 16.4. The highest BCUT2D eigenvalue weighted by atomic mass is 16.3. The number of carbonyl (C=O) groups is 2. The molecule has 5 N–H and O–H groups in total. The first-order chi connectivity index (χ1) is 9.83. The summed E-state index contributed by atoms with van der Waals surface area (Å²) in [6, 6.07) is -0.386. The molecule has 0 spiro atoms. The fourth-order valence-electron chi connectivity index (χ4n) is 3.04. The van der Waals surface area contributed by atoms with E-state index >= 15 is 0 Å². The van der Waals surface area contributed by atoms with Crippen LogP contribution in [0.2, 0.25) is 0 Å². The summed E-state index contributed by atoms with van der Waals surface area (Å²) in [7, 11) is 0. The highest BCUT2D eigenvalue weighted by Gasteiger charge is 2.40. The molecule has 0 saturated carbocycles. The fraction of sp³-hybridized carbons (Fsp3) is 0.857. The molecule has 120 valence electrons. The molecular formula is C14H26N4O3. The Bertz CT molecular complexity index is 407. The molecule has 2 rings (SSSR count). The number of likely N-dealkylation sites (tertiary alicyclic amines) is 1. The largest absolute Gasteiger partial charge is 0.377 e. The first-order valence-corrected chi connectivity index (χ1v) is 7.62. The molecule has 0 aromatic rings. The average Bonchev–Trinajstić information content (AvgIpc) is 3.08. The van der Waals surface area contributed by atoms with Gasteiger partial charge in [-0.05, 0) is 46.1 Å². The van der Waals surface area contributed by atoms with Crippen LogP contribution in [0.3, 0.4) is 0 Å². The Morgan fingerprint density at radius 3 is 2.67 bits per heavy atom. The normalized spacial score (nSPS) is 28.5. The zero-order chi connectivity index (χ0) is 15.6. The third kappa shape index (κ3) is 3.53. The fourth-order valence-corrected chi connectivity index (χ4v) is 3.04. The first-order valence-electron chi connectivity index (χ1n) is 7.62. The van der Waals surface area contributed by atoms with Crippen LogP contribution in [0.15, 0.2) is 0 Å². The molecular weight excluding hydrogens is 272 g/mol. The lowest BCUT2D eigenvalue weighted by molar-refractivity contribution is -0.136. The lowest BCUT2D eigenvalue weighted by Crippen LogP contribution is -2.59. The number of hydrogen-bond donors (Lipinski definition) is 4. The molecule has 7 heteroatoms. The van der Waals surface area contributed by atoms with Crippen LogP contribution in [0.4, 0.5) is 0 Å². The van der Waals surface area contributed by atoms with Gasteiger partial charge in [0.2, 0.25) is 11.8 Å². The molecule has 2 aliphatic heterocycles. The zero-order valence-electron chi connectivity index (χ0n) is 12.8. The Hall–Kier alpha value is -1.18. The summed E-state index contributed by atoms with van der Waals surface area (Å²) in [4.78, 5) is 25.6. The first kappa shape index (κ1) is 16.2. The van der Waals surface area contributed by atoms with Crippen molar-refractivity contribution >= 4 is 11.8 Å². The molecule has 0 aliphatic carbocycles. The number of primary amides is 1. The van der Waals surface area contributed by atoms with Gasteiger partial charge in [0.1, 0.15) is 11.8 Å². The van der Waals surface area contributed by atoms with Crippen molar-refractivity contribution in [1.29, 1.82) is 0 Å². The van der Waals surface area contributed by atoms with Crippen LogP contribution in [0.1, 0.15) is 39.5 Å². The van der Waals surface area contributed by atoms with E-state index in [-0.39, 0.29) is 11.9 Å². The predicted molar refractivity (Wildman–Crippen MR) is 78.2 cm³/mol. The third-order valence-electron chi connectivity index (χ3n) is 4.45.